The van der Waals surface area contributed by atoms with Crippen LogP contribution < -0.4 is 5.32 Å². The normalized spacial score (nSPS) is 16.2. The fourth-order valence-corrected chi connectivity index (χ4v) is 3.40. The van der Waals surface area contributed by atoms with Crippen LogP contribution >= 0.6 is 0 Å². The molecule has 1 atom stereocenters. The maximum Gasteiger partial charge on any atom is 0.209 e. The molecule has 0 fully saturated rings. The van der Waals surface area contributed by atoms with Gasteiger partial charge in [-0.05, 0) is 35.9 Å². The number of rotatable bonds is 2. The van der Waals surface area contributed by atoms with Crippen molar-refractivity contribution in [1.29, 1.82) is 0 Å². The van der Waals surface area contributed by atoms with E-state index >= 15 is 0 Å². The smallest absolute Gasteiger partial charge is 0.209 e. The number of hydrogen-bond donors (Lipinski definition) is 1. The number of hydrogen-bond acceptors (Lipinski definition) is 3. The van der Waals surface area contributed by atoms with E-state index in [1.165, 1.54) is 5.56 Å². The van der Waals surface area contributed by atoms with Crippen molar-refractivity contribution in [2.24, 2.45) is 0 Å². The van der Waals surface area contributed by atoms with E-state index in [0.29, 0.717) is 0 Å². The first-order chi connectivity index (χ1) is 12.4. The Labute approximate surface area is 145 Å². The van der Waals surface area contributed by atoms with Crippen molar-refractivity contribution in [3.8, 4) is 0 Å². The lowest BCUT2D eigenvalue weighted by Crippen LogP contribution is -2.19. The molecule has 1 aliphatic rings. The Morgan fingerprint density at radius 1 is 0.840 bits per heavy atom. The number of aromatic nitrogens is 3. The molecule has 3 heterocycles. The first-order valence-electron chi connectivity index (χ1n) is 8.31. The Hall–Kier alpha value is -3.40. The molecule has 0 amide bonds. The van der Waals surface area contributed by atoms with Crippen LogP contribution in [0.15, 0.2) is 85.2 Å². The van der Waals surface area contributed by atoms with Gasteiger partial charge in [-0.25, -0.2) is 4.98 Å². The largest absolute Gasteiger partial charge is 0.325 e. The van der Waals surface area contributed by atoms with Crippen LogP contribution in [0, 0.1) is 0 Å². The molecule has 1 aliphatic heterocycles. The molecule has 1 unspecified atom stereocenters. The second-order valence-corrected chi connectivity index (χ2v) is 6.09. The second kappa shape index (κ2) is 5.60. The minimum absolute atomic E-state index is 0.0908. The standard InChI is InChI=1S/C21H16N4/c1-2-6-16(7-3-1)20-14-18(15-10-12-22-13-11-15)24-21-23-17-8-4-5-9-19(17)25(20)21/h1-14,20H,(H,23,24). The van der Waals surface area contributed by atoms with Crippen LogP contribution in [0.3, 0.4) is 0 Å². The van der Waals surface area contributed by atoms with E-state index in [4.69, 9.17) is 4.98 Å². The van der Waals surface area contributed by atoms with Crippen LogP contribution in [0.25, 0.3) is 16.7 Å². The zero-order valence-electron chi connectivity index (χ0n) is 13.5. The minimum Gasteiger partial charge on any atom is -0.325 e. The fourth-order valence-electron chi connectivity index (χ4n) is 3.40. The quantitative estimate of drug-likeness (QED) is 0.591. The highest BCUT2D eigenvalue weighted by molar-refractivity contribution is 5.85. The zero-order valence-corrected chi connectivity index (χ0v) is 13.5. The molecule has 4 aromatic rings. The maximum absolute atomic E-state index is 4.80. The predicted molar refractivity (Wildman–Crippen MR) is 100 cm³/mol. The summed E-state index contributed by atoms with van der Waals surface area (Å²) < 4.78 is 2.26. The molecule has 5 rings (SSSR count). The summed E-state index contributed by atoms with van der Waals surface area (Å²) in [5.41, 5.74) is 5.52. The Morgan fingerprint density at radius 2 is 1.60 bits per heavy atom. The van der Waals surface area contributed by atoms with Crippen molar-refractivity contribution in [2.45, 2.75) is 6.04 Å². The number of anilines is 1. The topological polar surface area (TPSA) is 42.7 Å². The van der Waals surface area contributed by atoms with Gasteiger partial charge in [0.2, 0.25) is 5.95 Å². The highest BCUT2D eigenvalue weighted by Gasteiger charge is 2.24. The molecule has 4 heteroatoms. The summed E-state index contributed by atoms with van der Waals surface area (Å²) in [5.74, 6) is 0.865. The van der Waals surface area contributed by atoms with E-state index in [0.717, 1.165) is 28.2 Å². The summed E-state index contributed by atoms with van der Waals surface area (Å²) in [6, 6.07) is 22.9. The molecule has 0 saturated carbocycles. The average molecular weight is 324 g/mol. The van der Waals surface area contributed by atoms with Crippen molar-refractivity contribution >= 4 is 22.7 Å². The lowest BCUT2D eigenvalue weighted by Gasteiger charge is -2.26. The van der Waals surface area contributed by atoms with Crippen LogP contribution in [-0.2, 0) is 0 Å². The molecular weight excluding hydrogens is 308 g/mol. The first-order valence-corrected chi connectivity index (χ1v) is 8.31. The van der Waals surface area contributed by atoms with Crippen LogP contribution in [0.5, 0.6) is 0 Å². The van der Waals surface area contributed by atoms with E-state index in [-0.39, 0.29) is 6.04 Å². The minimum atomic E-state index is 0.0908. The molecule has 0 aliphatic carbocycles. The summed E-state index contributed by atoms with van der Waals surface area (Å²) in [6.07, 6.45) is 5.88. The number of nitrogens with one attached hydrogen (secondary N) is 1. The van der Waals surface area contributed by atoms with Crippen LogP contribution in [0.4, 0.5) is 5.95 Å². The predicted octanol–water partition coefficient (Wildman–Crippen LogP) is 4.49. The number of imidazole rings is 1. The Morgan fingerprint density at radius 3 is 2.44 bits per heavy atom. The zero-order chi connectivity index (χ0) is 16.6. The summed E-state index contributed by atoms with van der Waals surface area (Å²) in [5, 5.41) is 3.49. The van der Waals surface area contributed by atoms with Crippen molar-refractivity contribution < 1.29 is 0 Å². The summed E-state index contributed by atoms with van der Waals surface area (Å²) in [6.45, 7) is 0. The molecule has 2 aromatic heterocycles. The summed E-state index contributed by atoms with van der Waals surface area (Å²) in [7, 11) is 0. The lowest BCUT2D eigenvalue weighted by molar-refractivity contribution is 0.720. The third-order valence-electron chi connectivity index (χ3n) is 4.58. The van der Waals surface area contributed by atoms with Gasteiger partial charge in [0, 0.05) is 23.7 Å². The lowest BCUT2D eigenvalue weighted by atomic mass is 10.0. The van der Waals surface area contributed by atoms with E-state index in [2.05, 4.69) is 63.4 Å². The first kappa shape index (κ1) is 14.0. The summed E-state index contributed by atoms with van der Waals surface area (Å²) in [4.78, 5) is 8.92. The molecule has 120 valence electrons. The molecular formula is C21H16N4. The number of para-hydroxylation sites is 2. The van der Waals surface area contributed by atoms with E-state index in [1.807, 2.05) is 36.7 Å². The highest BCUT2D eigenvalue weighted by atomic mass is 15.2. The van der Waals surface area contributed by atoms with Crippen molar-refractivity contribution in [3.63, 3.8) is 0 Å². The monoisotopic (exact) mass is 324 g/mol. The van der Waals surface area contributed by atoms with Gasteiger partial charge in [-0.15, -0.1) is 0 Å². The number of allylic oxidation sites excluding steroid dienone is 1. The molecule has 2 aromatic carbocycles. The van der Waals surface area contributed by atoms with Gasteiger partial charge in [0.1, 0.15) is 0 Å². The third-order valence-corrected chi connectivity index (χ3v) is 4.58. The number of fused-ring (bicyclic) bond motifs is 3. The highest BCUT2D eigenvalue weighted by Crippen LogP contribution is 2.36. The average Bonchev–Trinajstić information content (AvgIpc) is 3.07. The number of pyridine rings is 1. The molecule has 4 nitrogen and oxygen atoms in total. The number of benzene rings is 2. The van der Waals surface area contributed by atoms with Crippen molar-refractivity contribution in [1.82, 2.24) is 14.5 Å². The molecule has 0 bridgehead atoms. The van der Waals surface area contributed by atoms with Crippen LogP contribution in [-0.4, -0.2) is 14.5 Å². The third kappa shape index (κ3) is 2.31. The fraction of sp³-hybridized carbons (Fsp3) is 0.0476. The second-order valence-electron chi connectivity index (χ2n) is 6.09. The van der Waals surface area contributed by atoms with Gasteiger partial charge in [0.25, 0.3) is 0 Å². The van der Waals surface area contributed by atoms with Crippen molar-refractivity contribution in [2.75, 3.05) is 5.32 Å². The molecule has 0 saturated heterocycles. The van der Waals surface area contributed by atoms with Gasteiger partial charge in [-0.1, -0.05) is 42.5 Å². The van der Waals surface area contributed by atoms with Gasteiger partial charge >= 0.3 is 0 Å². The Bertz CT molecular complexity index is 1060. The molecule has 0 radical (unpaired) electrons. The van der Waals surface area contributed by atoms with E-state index in [1.54, 1.807) is 0 Å². The van der Waals surface area contributed by atoms with E-state index in [9.17, 15) is 0 Å². The number of nitrogens with zero attached hydrogens (tertiary/aromatic N) is 3. The summed E-state index contributed by atoms with van der Waals surface area (Å²) >= 11 is 0. The van der Waals surface area contributed by atoms with Gasteiger partial charge in [0.05, 0.1) is 17.1 Å². The Balaban J connectivity index is 1.74. The molecule has 0 spiro atoms. The van der Waals surface area contributed by atoms with Crippen LogP contribution in [0.1, 0.15) is 17.2 Å². The molecule has 1 N–H and O–H groups in total. The van der Waals surface area contributed by atoms with Gasteiger partial charge in [0.15, 0.2) is 0 Å². The van der Waals surface area contributed by atoms with E-state index < -0.39 is 0 Å². The maximum atomic E-state index is 4.80. The Kier molecular flexibility index (Phi) is 3.13. The SMILES string of the molecule is C1=C(c2ccncc2)Nc2nc3ccccc3n2C1c1ccccc1. The molecule has 25 heavy (non-hydrogen) atoms. The van der Waals surface area contributed by atoms with Crippen LogP contribution in [0.2, 0.25) is 0 Å². The van der Waals surface area contributed by atoms with Gasteiger partial charge < -0.3 is 5.32 Å². The van der Waals surface area contributed by atoms with Crippen molar-refractivity contribution in [3.05, 3.63) is 96.3 Å². The van der Waals surface area contributed by atoms with Gasteiger partial charge in [-0.2, -0.15) is 0 Å². The van der Waals surface area contributed by atoms with Gasteiger partial charge in [-0.3, -0.25) is 9.55 Å².